The van der Waals surface area contributed by atoms with E-state index < -0.39 is 5.97 Å². The van der Waals surface area contributed by atoms with Crippen molar-refractivity contribution in [3.8, 4) is 0 Å². The van der Waals surface area contributed by atoms with Gasteiger partial charge in [-0.05, 0) is 19.4 Å². The molecule has 0 radical (unpaired) electrons. The normalized spacial score (nSPS) is 19.0. The molecule has 2 rings (SSSR count). The molecule has 0 aliphatic carbocycles. The van der Waals surface area contributed by atoms with E-state index >= 15 is 0 Å². The maximum absolute atomic E-state index is 10.1. The highest BCUT2D eigenvalue weighted by molar-refractivity contribution is 5.73. The lowest BCUT2D eigenvalue weighted by Crippen LogP contribution is -2.29. The Balaban J connectivity index is 0.000000160. The Kier molecular flexibility index (Phi) is 4.98. The lowest BCUT2D eigenvalue weighted by atomic mass is 10.2. The molecule has 0 unspecified atom stereocenters. The first kappa shape index (κ1) is 12.7. The van der Waals surface area contributed by atoms with Gasteiger partial charge in [-0.15, -0.1) is 0 Å². The molecule has 90 valence electrons. The summed E-state index contributed by atoms with van der Waals surface area (Å²) in [4.78, 5) is 14.2. The van der Waals surface area contributed by atoms with Crippen LogP contribution in [0.4, 0.5) is 0 Å². The average Bonchev–Trinajstić information content (AvgIpc) is 2.88. The first-order valence-corrected chi connectivity index (χ1v) is 5.57. The summed E-state index contributed by atoms with van der Waals surface area (Å²) in [6, 6.07) is -0.269. The highest BCUT2D eigenvalue weighted by atomic mass is 16.4. The number of nitrogens with one attached hydrogen (secondary N) is 1. The third kappa shape index (κ3) is 3.66. The number of carboxylic acids is 1. The second-order valence-electron chi connectivity index (χ2n) is 3.80. The second kappa shape index (κ2) is 6.27. The Labute approximate surface area is 95.5 Å². The Morgan fingerprint density at radius 3 is 2.75 bits per heavy atom. The van der Waals surface area contributed by atoms with Gasteiger partial charge >= 0.3 is 5.97 Å². The van der Waals surface area contributed by atoms with E-state index in [2.05, 4.69) is 17.2 Å². The molecule has 5 nitrogen and oxygen atoms in total. The molecule has 1 fully saturated rings. The van der Waals surface area contributed by atoms with Crippen molar-refractivity contribution in [3.63, 3.8) is 0 Å². The largest absolute Gasteiger partial charge is 0.480 e. The van der Waals surface area contributed by atoms with Crippen molar-refractivity contribution in [1.29, 1.82) is 0 Å². The van der Waals surface area contributed by atoms with Crippen LogP contribution in [0.5, 0.6) is 0 Å². The third-order valence-electron chi connectivity index (χ3n) is 2.60. The van der Waals surface area contributed by atoms with Crippen molar-refractivity contribution in [3.05, 3.63) is 18.2 Å². The Bertz CT molecular complexity index is 330. The predicted octanol–water partition coefficient (Wildman–Crippen LogP) is 0.805. The molecule has 0 aromatic carbocycles. The Hall–Kier alpha value is -1.36. The van der Waals surface area contributed by atoms with Gasteiger partial charge in [0.25, 0.3) is 0 Å². The van der Waals surface area contributed by atoms with Crippen LogP contribution in [0, 0.1) is 0 Å². The molecule has 0 bridgehead atoms. The average molecular weight is 225 g/mol. The lowest BCUT2D eigenvalue weighted by Gasteiger charge is -1.99. The zero-order valence-corrected chi connectivity index (χ0v) is 9.81. The highest BCUT2D eigenvalue weighted by Gasteiger charge is 2.20. The van der Waals surface area contributed by atoms with Gasteiger partial charge in [0.1, 0.15) is 11.9 Å². The van der Waals surface area contributed by atoms with Crippen LogP contribution in [0.3, 0.4) is 0 Å². The fourth-order valence-electron chi connectivity index (χ4n) is 1.63. The van der Waals surface area contributed by atoms with Crippen LogP contribution in [-0.2, 0) is 18.3 Å². The van der Waals surface area contributed by atoms with Gasteiger partial charge < -0.3 is 15.0 Å². The predicted molar refractivity (Wildman–Crippen MR) is 61.2 cm³/mol. The molecular formula is C11H19N3O2. The summed E-state index contributed by atoms with van der Waals surface area (Å²) in [5, 5.41) is 11.2. The number of aromatic nitrogens is 2. The quantitative estimate of drug-likeness (QED) is 0.781. The van der Waals surface area contributed by atoms with Gasteiger partial charge in [0.05, 0.1) is 0 Å². The van der Waals surface area contributed by atoms with Crippen molar-refractivity contribution < 1.29 is 9.90 Å². The minimum atomic E-state index is -0.720. The number of hydrogen-bond donors (Lipinski definition) is 2. The number of aliphatic carboxylic acids is 1. The summed E-state index contributed by atoms with van der Waals surface area (Å²) in [7, 11) is 2.01. The zero-order valence-electron chi connectivity index (χ0n) is 9.81. The van der Waals surface area contributed by atoms with E-state index in [4.69, 9.17) is 5.11 Å². The maximum atomic E-state index is 10.1. The Morgan fingerprint density at radius 2 is 2.50 bits per heavy atom. The monoisotopic (exact) mass is 225 g/mol. The molecule has 0 amide bonds. The summed E-state index contributed by atoms with van der Waals surface area (Å²) in [6.07, 6.45) is 6.58. The number of aryl methyl sites for hydroxylation is 2. The van der Waals surface area contributed by atoms with Crippen LogP contribution in [0.15, 0.2) is 12.4 Å². The van der Waals surface area contributed by atoms with Crippen LogP contribution in [0.25, 0.3) is 0 Å². The Morgan fingerprint density at radius 1 is 1.75 bits per heavy atom. The lowest BCUT2D eigenvalue weighted by molar-refractivity contribution is -0.139. The molecule has 16 heavy (non-hydrogen) atoms. The van der Waals surface area contributed by atoms with Crippen molar-refractivity contribution in [2.75, 3.05) is 6.54 Å². The molecule has 5 heteroatoms. The van der Waals surface area contributed by atoms with Gasteiger partial charge in [0.2, 0.25) is 0 Å². The van der Waals surface area contributed by atoms with Gasteiger partial charge in [-0.1, -0.05) is 6.92 Å². The molecular weight excluding hydrogens is 206 g/mol. The summed E-state index contributed by atoms with van der Waals surface area (Å²) >= 11 is 0. The number of hydrogen-bond acceptors (Lipinski definition) is 3. The summed E-state index contributed by atoms with van der Waals surface area (Å²) < 4.78 is 2.03. The third-order valence-corrected chi connectivity index (χ3v) is 2.60. The second-order valence-corrected chi connectivity index (χ2v) is 3.80. The van der Waals surface area contributed by atoms with Crippen LogP contribution in [0.1, 0.15) is 25.6 Å². The molecule has 1 aromatic rings. The van der Waals surface area contributed by atoms with Crippen LogP contribution < -0.4 is 5.32 Å². The molecule has 1 atom stereocenters. The highest BCUT2D eigenvalue weighted by Crippen LogP contribution is 2.03. The van der Waals surface area contributed by atoms with E-state index in [9.17, 15) is 4.79 Å². The minimum Gasteiger partial charge on any atom is -0.480 e. The smallest absolute Gasteiger partial charge is 0.320 e. The van der Waals surface area contributed by atoms with E-state index in [0.29, 0.717) is 0 Å². The van der Waals surface area contributed by atoms with Crippen molar-refractivity contribution in [2.45, 2.75) is 32.2 Å². The van der Waals surface area contributed by atoms with E-state index in [1.807, 2.05) is 24.0 Å². The first-order chi connectivity index (χ1) is 7.65. The summed E-state index contributed by atoms with van der Waals surface area (Å²) in [5.41, 5.74) is 0. The maximum Gasteiger partial charge on any atom is 0.320 e. The zero-order chi connectivity index (χ0) is 12.0. The molecule has 2 N–H and O–H groups in total. The van der Waals surface area contributed by atoms with Crippen LogP contribution >= 0.6 is 0 Å². The van der Waals surface area contributed by atoms with Gasteiger partial charge in [-0.25, -0.2) is 4.98 Å². The fourth-order valence-corrected chi connectivity index (χ4v) is 1.63. The van der Waals surface area contributed by atoms with E-state index in [0.717, 1.165) is 31.6 Å². The topological polar surface area (TPSA) is 67.2 Å². The number of carbonyl (C=O) groups is 1. The van der Waals surface area contributed by atoms with Crippen LogP contribution in [-0.4, -0.2) is 33.2 Å². The summed E-state index contributed by atoms with van der Waals surface area (Å²) in [6.45, 7) is 2.96. The van der Waals surface area contributed by atoms with Crippen molar-refractivity contribution in [2.24, 2.45) is 7.05 Å². The number of nitrogens with zero attached hydrogens (tertiary/aromatic N) is 2. The molecule has 0 spiro atoms. The molecule has 0 saturated carbocycles. The van der Waals surface area contributed by atoms with Gasteiger partial charge in [0, 0.05) is 25.9 Å². The van der Waals surface area contributed by atoms with E-state index in [1.54, 1.807) is 0 Å². The van der Waals surface area contributed by atoms with Gasteiger partial charge in [-0.3, -0.25) is 4.79 Å². The first-order valence-electron chi connectivity index (χ1n) is 5.57. The van der Waals surface area contributed by atoms with E-state index in [1.165, 1.54) is 0 Å². The molecule has 1 aliphatic heterocycles. The fraction of sp³-hybridized carbons (Fsp3) is 0.636. The van der Waals surface area contributed by atoms with E-state index in [-0.39, 0.29) is 6.04 Å². The van der Waals surface area contributed by atoms with Crippen molar-refractivity contribution >= 4 is 5.97 Å². The van der Waals surface area contributed by atoms with Gasteiger partial charge in [0.15, 0.2) is 0 Å². The molecule has 1 aromatic heterocycles. The van der Waals surface area contributed by atoms with Crippen molar-refractivity contribution in [1.82, 2.24) is 14.9 Å². The van der Waals surface area contributed by atoms with Gasteiger partial charge in [-0.2, -0.15) is 0 Å². The molecule has 1 saturated heterocycles. The number of rotatable bonds is 2. The standard InChI is InChI=1S/C6H10N2.C5H9NO2/c1-3-6-7-4-5-8(6)2;7-5(8)4-2-1-3-6-4/h4-5H,3H2,1-2H3;4,6H,1-3H2,(H,7,8)/t;4-/m.0/s1. The molecule has 2 heterocycles. The molecule has 1 aliphatic rings. The number of carboxylic acid groups (broad SMARTS) is 1. The van der Waals surface area contributed by atoms with Crippen LogP contribution in [0.2, 0.25) is 0 Å². The SMILES string of the molecule is CCc1nccn1C.O=C(O)[C@@H]1CCCN1. The minimum absolute atomic E-state index is 0.269. The summed E-state index contributed by atoms with van der Waals surface area (Å²) in [5.74, 6) is 0.424. The number of imidazole rings is 1.